The SMILES string of the molecule is COCCNCCC(=O)Nc1sc2c(c1-c1nc3c(N4CC(O)C4)cccc3s1)CCNC2. The highest BCUT2D eigenvalue weighted by atomic mass is 32.1. The summed E-state index contributed by atoms with van der Waals surface area (Å²) in [5.74, 6) is 0.00379. The third-order valence-corrected chi connectivity index (χ3v) is 8.19. The van der Waals surface area contributed by atoms with Gasteiger partial charge in [0.05, 0.1) is 23.1 Å². The van der Waals surface area contributed by atoms with Gasteiger partial charge in [0.25, 0.3) is 0 Å². The Bertz CT molecular complexity index is 1140. The number of carbonyl (C=O) groups is 1. The van der Waals surface area contributed by atoms with Crippen LogP contribution in [0.3, 0.4) is 0 Å². The highest BCUT2D eigenvalue weighted by molar-refractivity contribution is 7.23. The quantitative estimate of drug-likeness (QED) is 0.344. The van der Waals surface area contributed by atoms with E-state index in [1.165, 1.54) is 10.4 Å². The van der Waals surface area contributed by atoms with E-state index in [2.05, 4.69) is 39.0 Å². The number of para-hydroxylation sites is 1. The largest absolute Gasteiger partial charge is 0.389 e. The highest BCUT2D eigenvalue weighted by Crippen LogP contribution is 2.46. The number of amides is 1. The smallest absolute Gasteiger partial charge is 0.226 e. The minimum atomic E-state index is -0.263. The van der Waals surface area contributed by atoms with Gasteiger partial charge >= 0.3 is 0 Å². The minimum absolute atomic E-state index is 0.00379. The van der Waals surface area contributed by atoms with Gasteiger partial charge in [0.2, 0.25) is 5.91 Å². The summed E-state index contributed by atoms with van der Waals surface area (Å²) in [6, 6.07) is 6.22. The summed E-state index contributed by atoms with van der Waals surface area (Å²) in [5.41, 5.74) is 4.41. The molecule has 8 nitrogen and oxygen atoms in total. The summed E-state index contributed by atoms with van der Waals surface area (Å²) in [4.78, 5) is 21.2. The number of rotatable bonds is 9. The van der Waals surface area contributed by atoms with Gasteiger partial charge in [-0.1, -0.05) is 6.07 Å². The zero-order valence-electron chi connectivity index (χ0n) is 18.6. The number of aliphatic hydroxyl groups is 1. The Morgan fingerprint density at radius 1 is 1.33 bits per heavy atom. The number of hydrogen-bond acceptors (Lipinski definition) is 9. The summed E-state index contributed by atoms with van der Waals surface area (Å²) in [5, 5.41) is 21.4. The van der Waals surface area contributed by atoms with Gasteiger partial charge in [0.15, 0.2) is 0 Å². The van der Waals surface area contributed by atoms with Gasteiger partial charge < -0.3 is 30.7 Å². The van der Waals surface area contributed by atoms with E-state index in [0.29, 0.717) is 32.7 Å². The second kappa shape index (κ2) is 10.0. The molecule has 3 aromatic rings. The number of aromatic nitrogens is 1. The van der Waals surface area contributed by atoms with E-state index in [9.17, 15) is 9.90 Å². The minimum Gasteiger partial charge on any atom is -0.389 e. The number of carbonyl (C=O) groups excluding carboxylic acids is 1. The van der Waals surface area contributed by atoms with Crippen molar-refractivity contribution in [3.8, 4) is 10.6 Å². The third kappa shape index (κ3) is 4.77. The van der Waals surface area contributed by atoms with E-state index in [1.54, 1.807) is 29.8 Å². The molecule has 2 aliphatic rings. The maximum atomic E-state index is 12.7. The molecule has 33 heavy (non-hydrogen) atoms. The van der Waals surface area contributed by atoms with Crippen molar-refractivity contribution in [2.75, 3.05) is 56.7 Å². The van der Waals surface area contributed by atoms with Crippen LogP contribution in [0.15, 0.2) is 18.2 Å². The normalized spacial score (nSPS) is 16.1. The summed E-state index contributed by atoms with van der Waals surface area (Å²) in [6.07, 6.45) is 1.07. The number of benzene rings is 1. The first-order chi connectivity index (χ1) is 16.1. The van der Waals surface area contributed by atoms with Gasteiger partial charge in [-0.15, -0.1) is 22.7 Å². The van der Waals surface area contributed by atoms with Crippen LogP contribution in [0.2, 0.25) is 0 Å². The average Bonchev–Trinajstić information content (AvgIpc) is 3.37. The highest BCUT2D eigenvalue weighted by Gasteiger charge is 2.28. The third-order valence-electron chi connectivity index (χ3n) is 6.01. The molecule has 0 aliphatic carbocycles. The van der Waals surface area contributed by atoms with E-state index in [-0.39, 0.29) is 12.0 Å². The van der Waals surface area contributed by atoms with Crippen LogP contribution >= 0.6 is 22.7 Å². The lowest BCUT2D eigenvalue weighted by molar-refractivity contribution is -0.116. The van der Waals surface area contributed by atoms with Crippen molar-refractivity contribution in [1.82, 2.24) is 15.6 Å². The Morgan fingerprint density at radius 2 is 2.21 bits per heavy atom. The number of ether oxygens (including phenoxy) is 1. The number of nitrogens with zero attached hydrogens (tertiary/aromatic N) is 2. The Kier molecular flexibility index (Phi) is 6.91. The molecule has 4 heterocycles. The lowest BCUT2D eigenvalue weighted by atomic mass is 10.0. The first-order valence-corrected chi connectivity index (χ1v) is 12.9. The second-order valence-corrected chi connectivity index (χ2v) is 10.5. The van der Waals surface area contributed by atoms with Crippen molar-refractivity contribution >= 4 is 49.5 Å². The van der Waals surface area contributed by atoms with Crippen LogP contribution < -0.4 is 20.9 Å². The van der Waals surface area contributed by atoms with Crippen molar-refractivity contribution in [1.29, 1.82) is 0 Å². The van der Waals surface area contributed by atoms with Gasteiger partial charge in [-0.25, -0.2) is 4.98 Å². The van der Waals surface area contributed by atoms with E-state index < -0.39 is 0 Å². The topological polar surface area (TPSA) is 98.8 Å². The van der Waals surface area contributed by atoms with Gasteiger partial charge in [0.1, 0.15) is 15.5 Å². The lowest BCUT2D eigenvalue weighted by Crippen LogP contribution is -2.50. The number of thiazole rings is 1. The maximum Gasteiger partial charge on any atom is 0.226 e. The predicted octanol–water partition coefficient (Wildman–Crippen LogP) is 2.42. The standard InChI is InChI=1S/C23H29N5O3S2/c1-31-10-9-24-8-6-19(30)26-22-20(15-5-7-25-11-18(15)33-22)23-27-21-16(28-12-14(29)13-28)3-2-4-17(21)32-23/h2-4,14,24-25,29H,5-13H2,1H3,(H,26,30). The Labute approximate surface area is 201 Å². The van der Waals surface area contributed by atoms with Crippen molar-refractivity contribution in [3.05, 3.63) is 28.6 Å². The zero-order valence-corrected chi connectivity index (χ0v) is 20.3. The van der Waals surface area contributed by atoms with E-state index >= 15 is 0 Å². The fraction of sp³-hybridized carbons (Fsp3) is 0.478. The zero-order chi connectivity index (χ0) is 22.8. The van der Waals surface area contributed by atoms with Gasteiger partial charge in [-0.05, 0) is 30.7 Å². The Hall–Kier alpha value is -2.08. The van der Waals surface area contributed by atoms with Crippen LogP contribution in [0, 0.1) is 0 Å². The number of aliphatic hydroxyl groups excluding tert-OH is 1. The molecule has 0 spiro atoms. The number of thiophene rings is 1. The number of anilines is 2. The molecule has 0 atom stereocenters. The molecule has 0 unspecified atom stereocenters. The van der Waals surface area contributed by atoms with Crippen LogP contribution in [0.4, 0.5) is 10.7 Å². The van der Waals surface area contributed by atoms with Crippen LogP contribution in [0.5, 0.6) is 0 Å². The first-order valence-electron chi connectivity index (χ1n) is 11.3. The van der Waals surface area contributed by atoms with Crippen LogP contribution in [0.1, 0.15) is 16.9 Å². The molecule has 2 aliphatic heterocycles. The monoisotopic (exact) mass is 487 g/mol. The van der Waals surface area contributed by atoms with Crippen molar-refractivity contribution in [2.45, 2.75) is 25.5 Å². The maximum absolute atomic E-state index is 12.7. The molecular formula is C23H29N5O3S2. The van der Waals surface area contributed by atoms with E-state index in [4.69, 9.17) is 9.72 Å². The summed E-state index contributed by atoms with van der Waals surface area (Å²) in [6.45, 7) is 5.01. The Balaban J connectivity index is 1.43. The molecule has 1 saturated heterocycles. The van der Waals surface area contributed by atoms with Gasteiger partial charge in [-0.3, -0.25) is 4.79 Å². The molecular weight excluding hydrogens is 458 g/mol. The van der Waals surface area contributed by atoms with Gasteiger partial charge in [-0.2, -0.15) is 0 Å². The fourth-order valence-electron chi connectivity index (χ4n) is 4.29. The van der Waals surface area contributed by atoms with Crippen molar-refractivity contribution in [3.63, 3.8) is 0 Å². The van der Waals surface area contributed by atoms with Gasteiger partial charge in [0, 0.05) is 56.7 Å². The molecule has 2 aromatic heterocycles. The van der Waals surface area contributed by atoms with Crippen LogP contribution in [0.25, 0.3) is 20.8 Å². The molecule has 5 rings (SSSR count). The molecule has 1 aromatic carbocycles. The van der Waals surface area contributed by atoms with E-state index in [1.807, 2.05) is 0 Å². The van der Waals surface area contributed by atoms with Crippen molar-refractivity contribution < 1.29 is 14.6 Å². The molecule has 1 amide bonds. The second-order valence-electron chi connectivity index (χ2n) is 8.38. The first kappa shape index (κ1) is 22.7. The average molecular weight is 488 g/mol. The van der Waals surface area contributed by atoms with Crippen LogP contribution in [-0.4, -0.2) is 68.5 Å². The number of methoxy groups -OCH3 is 1. The summed E-state index contributed by atoms with van der Waals surface area (Å²) >= 11 is 3.33. The lowest BCUT2D eigenvalue weighted by Gasteiger charge is -2.37. The molecule has 176 valence electrons. The number of β-amino-alcohol motifs (C(OH)–C–C–N with tert-alkyl or cyclic N) is 1. The van der Waals surface area contributed by atoms with E-state index in [0.717, 1.165) is 57.5 Å². The molecule has 1 fully saturated rings. The molecule has 0 bridgehead atoms. The summed E-state index contributed by atoms with van der Waals surface area (Å²) < 4.78 is 6.15. The van der Waals surface area contributed by atoms with Crippen molar-refractivity contribution in [2.24, 2.45) is 0 Å². The summed E-state index contributed by atoms with van der Waals surface area (Å²) in [7, 11) is 1.67. The number of hydrogen-bond donors (Lipinski definition) is 4. The number of fused-ring (bicyclic) bond motifs is 2. The molecule has 0 saturated carbocycles. The Morgan fingerprint density at radius 3 is 3.03 bits per heavy atom. The number of nitrogens with one attached hydrogen (secondary N) is 3. The van der Waals surface area contributed by atoms with Crippen LogP contribution in [-0.2, 0) is 22.5 Å². The molecule has 0 radical (unpaired) electrons. The fourth-order valence-corrected chi connectivity index (χ4v) is 6.65. The molecule has 10 heteroatoms. The molecule has 4 N–H and O–H groups in total. The predicted molar refractivity (Wildman–Crippen MR) is 135 cm³/mol.